The van der Waals surface area contributed by atoms with Crippen molar-refractivity contribution in [3.05, 3.63) is 0 Å². The van der Waals surface area contributed by atoms with Gasteiger partial charge in [-0.2, -0.15) is 0 Å². The van der Waals surface area contributed by atoms with Gasteiger partial charge in [-0.05, 0) is 13.0 Å². The molecule has 0 atom stereocenters. The Balaban J connectivity index is -0.000000194. The van der Waals surface area contributed by atoms with Gasteiger partial charge in [-0.25, -0.2) is 0 Å². The zero-order valence-electron chi connectivity index (χ0n) is 30.3. The van der Waals surface area contributed by atoms with E-state index in [-0.39, 0.29) is 78.0 Å². The second-order valence-corrected chi connectivity index (χ2v) is 10.4. The first-order valence-corrected chi connectivity index (χ1v) is 15.7. The molecular weight excluding hydrogens is 770 g/mol. The van der Waals surface area contributed by atoms with Gasteiger partial charge in [0.15, 0.2) is 0 Å². The van der Waals surface area contributed by atoms with E-state index >= 15 is 0 Å². The summed E-state index contributed by atoms with van der Waals surface area (Å²) in [5.41, 5.74) is 4.78. The van der Waals surface area contributed by atoms with Gasteiger partial charge in [0.25, 0.3) is 0 Å². The summed E-state index contributed by atoms with van der Waals surface area (Å²) in [7, 11) is 0. The number of likely N-dealkylation sites (N-methyl/N-ethyl adjacent to an activating group) is 1. The summed E-state index contributed by atoms with van der Waals surface area (Å²) in [6.07, 6.45) is 0.141. The third-order valence-corrected chi connectivity index (χ3v) is 5.21. The molecule has 0 fully saturated rings. The highest BCUT2D eigenvalue weighted by atomic mass is 16.4. The fraction of sp³-hybridized carbons (Fsp3) is 0.621. The smallest absolute Gasteiger partial charge is 0.317 e. The molecule has 0 saturated carbocycles. The van der Waals surface area contributed by atoms with Crippen molar-refractivity contribution in [3.63, 3.8) is 0 Å². The average molecular weight is 822 g/mol. The molecule has 56 heavy (non-hydrogen) atoms. The van der Waals surface area contributed by atoms with Crippen molar-refractivity contribution in [2.45, 2.75) is 39.0 Å². The van der Waals surface area contributed by atoms with Crippen molar-refractivity contribution in [1.82, 2.24) is 20.0 Å². The highest BCUT2D eigenvalue weighted by molar-refractivity contribution is 5.79. The Bertz CT molecular complexity index is 1150. The fourth-order valence-electron chi connectivity index (χ4n) is 3.08. The maximum absolute atomic E-state index is 10.4. The van der Waals surface area contributed by atoms with Gasteiger partial charge in [0, 0.05) is 32.5 Å². The van der Waals surface area contributed by atoms with Crippen LogP contribution in [0.2, 0.25) is 0 Å². The minimum Gasteiger partial charge on any atom is -0.481 e. The van der Waals surface area contributed by atoms with Gasteiger partial charge in [0.1, 0.15) is 0 Å². The van der Waals surface area contributed by atoms with E-state index in [9.17, 15) is 52.7 Å². The number of nitrogens with one attached hydrogen (secondary N) is 1. The van der Waals surface area contributed by atoms with Gasteiger partial charge in [0.05, 0.1) is 65.3 Å². The van der Waals surface area contributed by atoms with Crippen LogP contribution in [-0.4, -0.2) is 215 Å². The summed E-state index contributed by atoms with van der Waals surface area (Å²) in [5, 5.41) is 93.4. The van der Waals surface area contributed by atoms with Gasteiger partial charge in [-0.1, -0.05) is 6.92 Å². The molecule has 0 unspecified atom stereocenters. The Hall–Kier alpha value is -6.03. The van der Waals surface area contributed by atoms with Crippen molar-refractivity contribution in [2.24, 2.45) is 5.73 Å². The number of aliphatic hydroxyl groups excluding tert-OH is 1. The van der Waals surface area contributed by atoms with Crippen LogP contribution in [0.25, 0.3) is 0 Å². The number of nitrogens with two attached hydrogens (primary N) is 1. The number of nitrogens with zero attached hydrogens (tertiary/aromatic N) is 3. The zero-order valence-corrected chi connectivity index (χ0v) is 30.3. The molecule has 0 aromatic rings. The van der Waals surface area contributed by atoms with Gasteiger partial charge in [-0.15, -0.1) is 0 Å². The van der Waals surface area contributed by atoms with Crippen LogP contribution >= 0.6 is 0 Å². The van der Waals surface area contributed by atoms with Crippen LogP contribution in [0.4, 0.5) is 0 Å². The second-order valence-electron chi connectivity index (χ2n) is 10.4. The van der Waals surface area contributed by atoms with E-state index < -0.39 is 78.7 Å². The van der Waals surface area contributed by atoms with E-state index in [2.05, 4.69) is 5.32 Å². The monoisotopic (exact) mass is 821 g/mol. The van der Waals surface area contributed by atoms with Crippen LogP contribution in [0.3, 0.4) is 0 Å². The van der Waals surface area contributed by atoms with Crippen LogP contribution < -0.4 is 11.1 Å². The van der Waals surface area contributed by atoms with Crippen LogP contribution in [0.15, 0.2) is 0 Å². The molecule has 324 valence electrons. The Morgan fingerprint density at radius 1 is 0.429 bits per heavy atom. The van der Waals surface area contributed by atoms with Crippen LogP contribution in [0.5, 0.6) is 0 Å². The maximum Gasteiger partial charge on any atom is 0.317 e. The highest BCUT2D eigenvalue weighted by Crippen LogP contribution is 1.94. The molecule has 0 aromatic heterocycles. The molecule has 14 N–H and O–H groups in total. The molecule has 0 heterocycles. The van der Waals surface area contributed by atoms with Crippen molar-refractivity contribution >= 4 is 65.6 Å². The van der Waals surface area contributed by atoms with Gasteiger partial charge < -0.3 is 67.2 Å². The van der Waals surface area contributed by atoms with E-state index in [0.717, 1.165) is 9.80 Å². The number of primary amides is 1. The van der Waals surface area contributed by atoms with Crippen molar-refractivity contribution in [1.29, 1.82) is 0 Å². The first kappa shape index (κ1) is 59.3. The van der Waals surface area contributed by atoms with E-state index in [1.54, 1.807) is 6.92 Å². The van der Waals surface area contributed by atoms with Gasteiger partial charge in [-0.3, -0.25) is 67.4 Å². The molecule has 0 aliphatic carbocycles. The molecular formula is C29H51N5O22. The number of carboxylic acids is 10. The van der Waals surface area contributed by atoms with Crippen LogP contribution in [0.1, 0.15) is 39.0 Å². The first-order chi connectivity index (χ1) is 25.8. The lowest BCUT2D eigenvalue weighted by Crippen LogP contribution is -2.40. The Kier molecular flexibility index (Phi) is 40.9. The summed E-state index contributed by atoms with van der Waals surface area (Å²) in [6, 6.07) is 0. The number of aliphatic hydroxyl groups is 1. The lowest BCUT2D eigenvalue weighted by Gasteiger charge is -2.15. The molecule has 0 aromatic carbocycles. The zero-order chi connectivity index (χ0) is 44.8. The molecule has 27 heteroatoms. The number of rotatable bonds is 27. The largest absolute Gasteiger partial charge is 0.481 e. The number of carbonyl (C=O) groups is 11. The lowest BCUT2D eigenvalue weighted by molar-refractivity contribution is -0.144. The number of aliphatic carboxylic acids is 10. The van der Waals surface area contributed by atoms with Crippen LogP contribution in [-0.2, 0) is 52.7 Å². The molecule has 1 amide bonds. The van der Waals surface area contributed by atoms with E-state index in [1.165, 1.54) is 4.90 Å². The lowest BCUT2D eigenvalue weighted by atomic mass is 10.2. The van der Waals surface area contributed by atoms with Gasteiger partial charge >= 0.3 is 59.7 Å². The topological polar surface area (TPSA) is 458 Å². The Morgan fingerprint density at radius 2 is 0.714 bits per heavy atom. The summed E-state index contributed by atoms with van der Waals surface area (Å²) in [4.78, 5) is 114. The predicted octanol–water partition coefficient (Wildman–Crippen LogP) is -4.28. The molecule has 0 bridgehead atoms. The number of hydrogen-bond acceptors (Lipinski definition) is 16. The van der Waals surface area contributed by atoms with Crippen LogP contribution in [0, 0.1) is 0 Å². The second kappa shape index (κ2) is 38.7. The normalized spacial score (nSPS) is 9.73. The number of carbonyl (C=O) groups excluding carboxylic acids is 1. The molecule has 0 radical (unpaired) electrons. The third kappa shape index (κ3) is 63.0. The van der Waals surface area contributed by atoms with Crippen molar-refractivity contribution < 1.29 is 109 Å². The summed E-state index contributed by atoms with van der Waals surface area (Å²) >= 11 is 0. The number of amides is 1. The summed E-state index contributed by atoms with van der Waals surface area (Å²) in [5.74, 6) is -11.1. The molecule has 0 aliphatic heterocycles. The van der Waals surface area contributed by atoms with E-state index in [4.69, 9.17) is 61.9 Å². The highest BCUT2D eigenvalue weighted by Gasteiger charge is 2.15. The third-order valence-electron chi connectivity index (χ3n) is 5.21. The molecule has 27 nitrogen and oxygen atoms in total. The minimum absolute atomic E-state index is 0.0274. The number of hydrogen-bond donors (Lipinski definition) is 13. The fourth-order valence-corrected chi connectivity index (χ4v) is 3.08. The summed E-state index contributed by atoms with van der Waals surface area (Å²) < 4.78 is 0. The van der Waals surface area contributed by atoms with Crippen molar-refractivity contribution in [3.8, 4) is 0 Å². The molecule has 0 aliphatic rings. The molecule has 0 saturated heterocycles. The van der Waals surface area contributed by atoms with E-state index in [1.807, 2.05) is 0 Å². The molecule has 0 rings (SSSR count). The Morgan fingerprint density at radius 3 is 0.946 bits per heavy atom. The maximum atomic E-state index is 10.4. The SMILES string of the molecule is CCN(CC(=O)O)CC(=O)O.NC(=O)CN(CC(=O)O)CC(=O)O.O=C(O)CCCC(=O)O.O=C(O)CCNCCC(=O)O.O=C(O)CN(CCO)CC(=O)O. The Labute approximate surface area is 318 Å². The quantitative estimate of drug-likeness (QED) is 0.0349. The number of carboxylic acid groups (broad SMARTS) is 10. The predicted molar refractivity (Wildman–Crippen MR) is 184 cm³/mol. The van der Waals surface area contributed by atoms with Crippen molar-refractivity contribution in [2.75, 3.05) is 78.6 Å². The average Bonchev–Trinajstić information content (AvgIpc) is 2.99. The first-order valence-electron chi connectivity index (χ1n) is 15.7. The summed E-state index contributed by atoms with van der Waals surface area (Å²) in [6.45, 7) is 0.00324. The standard InChI is InChI=1S/C6H10N2O5.C6H11NO5.2C6H11NO4.C5H8O4/c7-4(9)1-8(2-5(10)11)3-6(12)13;8-2-1-7(3-5(9)10)4-6(11)12;8-5(9)1-3-7-4-2-6(10)11;1-2-7(3-5(8)9)4-6(10)11;6-4(7)2-1-3-5(8)9/h1-3H2,(H2,7,9)(H,10,11)(H,12,13);8H,1-4H2,(H,9,10)(H,11,12);7H,1-4H2,(H,8,9)(H,10,11);2-4H2,1H3,(H,8,9)(H,10,11);1-3H2,(H,6,7)(H,8,9). The minimum atomic E-state index is -1.21. The molecule has 0 spiro atoms. The van der Waals surface area contributed by atoms with E-state index in [0.29, 0.717) is 19.6 Å². The van der Waals surface area contributed by atoms with Gasteiger partial charge in [0.2, 0.25) is 5.91 Å².